The van der Waals surface area contributed by atoms with Crippen LogP contribution in [0.3, 0.4) is 0 Å². The maximum atomic E-state index is 13.3. The molecule has 0 atom stereocenters. The second-order valence-corrected chi connectivity index (χ2v) is 10.8. The van der Waals surface area contributed by atoms with Crippen molar-refractivity contribution in [3.8, 4) is 0 Å². The average Bonchev–Trinajstić information content (AvgIpc) is 3.17. The molecule has 0 aliphatic heterocycles. The summed E-state index contributed by atoms with van der Waals surface area (Å²) in [5, 5.41) is 12.1. The molecule has 3 heterocycles. The number of aryl methyl sites for hydroxylation is 1. The normalized spacial score (nSPS) is 15.1. The second-order valence-electron chi connectivity index (χ2n) is 8.23. The minimum atomic E-state index is -4.09. The lowest BCUT2D eigenvalue weighted by Gasteiger charge is -2.16. The first-order chi connectivity index (χ1) is 16.2. The molecule has 1 saturated carbocycles. The number of hydrogen-bond acceptors (Lipinski definition) is 9. The molecule has 1 fully saturated rings. The van der Waals surface area contributed by atoms with Crippen LogP contribution < -0.4 is 16.0 Å². The summed E-state index contributed by atoms with van der Waals surface area (Å²) < 4.78 is 48.9. The minimum absolute atomic E-state index is 0.00771. The highest BCUT2D eigenvalue weighted by Crippen LogP contribution is 2.37. The van der Waals surface area contributed by atoms with E-state index in [1.54, 1.807) is 13.0 Å². The fourth-order valence-corrected chi connectivity index (χ4v) is 5.65. The number of nitrogens with one attached hydrogen (secondary N) is 1. The summed E-state index contributed by atoms with van der Waals surface area (Å²) in [5.74, 6) is 0.294. The van der Waals surface area contributed by atoms with Crippen molar-refractivity contribution in [3.63, 3.8) is 0 Å². The number of benzene rings is 1. The summed E-state index contributed by atoms with van der Waals surface area (Å²) in [6.07, 6.45) is 0.808. The summed E-state index contributed by atoms with van der Waals surface area (Å²) >= 11 is 1.24. The predicted molar refractivity (Wildman–Crippen MR) is 120 cm³/mol. The molecule has 0 amide bonds. The Balaban J connectivity index is 1.68. The van der Waals surface area contributed by atoms with Gasteiger partial charge in [-0.15, -0.1) is 21.5 Å². The summed E-state index contributed by atoms with van der Waals surface area (Å²) in [5.41, 5.74) is -0.0595. The maximum Gasteiger partial charge on any atom is 0.332 e. The number of sulfonamides is 1. The highest BCUT2D eigenvalue weighted by Gasteiger charge is 2.46. The Hall–Kier alpha value is -3.23. The van der Waals surface area contributed by atoms with Gasteiger partial charge in [-0.3, -0.25) is 13.9 Å². The highest BCUT2D eigenvalue weighted by atomic mass is 32.2. The maximum absolute atomic E-state index is 13.3. The van der Waals surface area contributed by atoms with Crippen LogP contribution in [0.1, 0.15) is 29.3 Å². The first kappa shape index (κ1) is 22.6. The van der Waals surface area contributed by atoms with Gasteiger partial charge in [0.2, 0.25) is 10.0 Å². The van der Waals surface area contributed by atoms with Crippen LogP contribution >= 0.6 is 11.3 Å². The molecule has 0 bridgehead atoms. The van der Waals surface area contributed by atoms with Gasteiger partial charge in [-0.25, -0.2) is 22.3 Å². The summed E-state index contributed by atoms with van der Waals surface area (Å²) in [7, 11) is -4.09. The first-order valence-corrected chi connectivity index (χ1v) is 12.6. The lowest BCUT2D eigenvalue weighted by Crippen LogP contribution is -2.41. The Kier molecular flexibility index (Phi) is 5.45. The molecule has 1 aliphatic rings. The van der Waals surface area contributed by atoms with Gasteiger partial charge in [0.25, 0.3) is 5.56 Å². The van der Waals surface area contributed by atoms with E-state index in [0.29, 0.717) is 29.3 Å². The number of nitrogens with zero attached hydrogens (tertiary/aromatic N) is 5. The molecule has 0 spiro atoms. The minimum Gasteiger partial charge on any atom is -0.359 e. The largest absolute Gasteiger partial charge is 0.359 e. The number of halogens is 1. The quantitative estimate of drug-likeness (QED) is 0.376. The van der Waals surface area contributed by atoms with Crippen molar-refractivity contribution in [2.75, 3.05) is 6.67 Å². The van der Waals surface area contributed by atoms with Gasteiger partial charge in [0.1, 0.15) is 17.2 Å². The number of rotatable bonds is 8. The van der Waals surface area contributed by atoms with Gasteiger partial charge in [-0.05, 0) is 38.0 Å². The van der Waals surface area contributed by atoms with Gasteiger partial charge >= 0.3 is 5.69 Å². The van der Waals surface area contributed by atoms with Gasteiger partial charge in [-0.1, -0.05) is 5.16 Å². The SMILES string of the molecule is Cc1cc(Cn2c(=O)c3cc(S(=O)(=O)NC4(CF)CC4)ccc3n(Cc3nncs3)c2=O)on1. The van der Waals surface area contributed by atoms with Gasteiger partial charge in [-0.2, -0.15) is 0 Å². The monoisotopic (exact) mass is 506 g/mol. The molecule has 0 saturated heterocycles. The Morgan fingerprint density at radius 3 is 2.62 bits per heavy atom. The molecule has 5 rings (SSSR count). The van der Waals surface area contributed by atoms with Crippen LogP contribution in [-0.4, -0.2) is 45.1 Å². The third-order valence-electron chi connectivity index (χ3n) is 5.66. The van der Waals surface area contributed by atoms with Crippen molar-refractivity contribution in [2.45, 2.75) is 43.3 Å². The van der Waals surface area contributed by atoms with Crippen molar-refractivity contribution < 1.29 is 17.3 Å². The summed E-state index contributed by atoms with van der Waals surface area (Å²) in [6.45, 7) is 0.735. The van der Waals surface area contributed by atoms with Gasteiger partial charge in [0.15, 0.2) is 5.76 Å². The topological polar surface area (TPSA) is 142 Å². The zero-order chi connectivity index (χ0) is 24.1. The van der Waals surface area contributed by atoms with Crippen LogP contribution in [-0.2, 0) is 23.1 Å². The Bertz CT molecular complexity index is 1600. The van der Waals surface area contributed by atoms with E-state index >= 15 is 0 Å². The van der Waals surface area contributed by atoms with E-state index in [-0.39, 0.29) is 28.9 Å². The Morgan fingerprint density at radius 2 is 2.00 bits per heavy atom. The van der Waals surface area contributed by atoms with Crippen LogP contribution in [0.5, 0.6) is 0 Å². The van der Waals surface area contributed by atoms with Crippen LogP contribution in [0.2, 0.25) is 0 Å². The number of aromatic nitrogens is 5. The van der Waals surface area contributed by atoms with Crippen molar-refractivity contribution in [3.05, 3.63) is 67.1 Å². The molecule has 11 nitrogen and oxygen atoms in total. The van der Waals surface area contributed by atoms with Gasteiger partial charge < -0.3 is 4.52 Å². The highest BCUT2D eigenvalue weighted by molar-refractivity contribution is 7.89. The van der Waals surface area contributed by atoms with Gasteiger partial charge in [0.05, 0.1) is 40.1 Å². The van der Waals surface area contributed by atoms with Crippen LogP contribution in [0.4, 0.5) is 4.39 Å². The van der Waals surface area contributed by atoms with Crippen molar-refractivity contribution in [1.29, 1.82) is 0 Å². The van der Waals surface area contributed by atoms with Crippen molar-refractivity contribution >= 4 is 32.3 Å². The number of fused-ring (bicyclic) bond motifs is 1. The third-order valence-corrected chi connectivity index (χ3v) is 7.91. The summed E-state index contributed by atoms with van der Waals surface area (Å²) in [4.78, 5) is 26.4. The molecular weight excluding hydrogens is 487 g/mol. The smallest absolute Gasteiger partial charge is 0.332 e. The standard InChI is InChI=1S/C20H19FN6O5S2/c1-12-6-13(32-24-12)8-27-18(28)15-7-14(34(30,31)25-20(10-21)4-5-20)2-3-16(15)26(19(27)29)9-17-23-22-11-33-17/h2-3,6-7,11,25H,4-5,8-10H2,1H3. The third kappa shape index (κ3) is 4.08. The second kappa shape index (κ2) is 8.21. The lowest BCUT2D eigenvalue weighted by molar-refractivity contribution is 0.368. The van der Waals surface area contributed by atoms with E-state index < -0.39 is 33.5 Å². The van der Waals surface area contributed by atoms with E-state index in [0.717, 1.165) is 4.57 Å². The molecule has 1 aromatic carbocycles. The molecule has 34 heavy (non-hydrogen) atoms. The van der Waals surface area contributed by atoms with Gasteiger partial charge in [0, 0.05) is 6.07 Å². The van der Waals surface area contributed by atoms with E-state index in [2.05, 4.69) is 20.1 Å². The molecule has 0 radical (unpaired) electrons. The van der Waals surface area contributed by atoms with Crippen molar-refractivity contribution in [1.82, 2.24) is 29.2 Å². The fraction of sp³-hybridized carbons (Fsp3) is 0.350. The Labute approximate surface area is 195 Å². The predicted octanol–water partition coefficient (Wildman–Crippen LogP) is 1.19. The fourth-order valence-electron chi connectivity index (χ4n) is 3.67. The molecule has 178 valence electrons. The molecular formula is C20H19FN6O5S2. The van der Waals surface area contributed by atoms with Crippen LogP contribution in [0, 0.1) is 6.92 Å². The van der Waals surface area contributed by atoms with E-state index in [1.165, 1.54) is 39.6 Å². The average molecular weight is 507 g/mol. The summed E-state index contributed by atoms with van der Waals surface area (Å²) in [6, 6.07) is 5.48. The van der Waals surface area contributed by atoms with E-state index in [9.17, 15) is 22.4 Å². The van der Waals surface area contributed by atoms with Crippen molar-refractivity contribution in [2.24, 2.45) is 0 Å². The molecule has 0 unspecified atom stereocenters. The Morgan fingerprint density at radius 1 is 1.21 bits per heavy atom. The molecule has 1 aliphatic carbocycles. The molecule has 4 aromatic rings. The molecule has 14 heteroatoms. The van der Waals surface area contributed by atoms with E-state index in [4.69, 9.17) is 4.52 Å². The zero-order valence-electron chi connectivity index (χ0n) is 17.9. The number of hydrogen-bond donors (Lipinski definition) is 1. The first-order valence-electron chi connectivity index (χ1n) is 10.3. The number of alkyl halides is 1. The van der Waals surface area contributed by atoms with Crippen LogP contribution in [0.15, 0.2) is 48.8 Å². The molecule has 1 N–H and O–H groups in total. The lowest BCUT2D eigenvalue weighted by atomic mass is 10.2. The molecule has 3 aromatic heterocycles. The van der Waals surface area contributed by atoms with E-state index in [1.807, 2.05) is 0 Å². The zero-order valence-corrected chi connectivity index (χ0v) is 19.5. The van der Waals surface area contributed by atoms with Crippen LogP contribution in [0.25, 0.3) is 10.9 Å².